The fraction of sp³-hybridized carbons (Fsp3) is 0.571. The van der Waals surface area contributed by atoms with Gasteiger partial charge in [-0.15, -0.1) is 0 Å². The predicted octanol–water partition coefficient (Wildman–Crippen LogP) is 2.68. The van der Waals surface area contributed by atoms with Crippen molar-refractivity contribution in [1.82, 2.24) is 15.0 Å². The van der Waals surface area contributed by atoms with Gasteiger partial charge >= 0.3 is 0 Å². The lowest BCUT2D eigenvalue weighted by molar-refractivity contribution is -0.136. The fourth-order valence-electron chi connectivity index (χ4n) is 3.78. The highest BCUT2D eigenvalue weighted by Crippen LogP contribution is 2.26. The Morgan fingerprint density at radius 3 is 2.59 bits per heavy atom. The second-order valence-corrected chi connectivity index (χ2v) is 7.30. The van der Waals surface area contributed by atoms with Crippen LogP contribution in [-0.4, -0.2) is 60.1 Å². The Kier molecular flexibility index (Phi) is 6.41. The van der Waals surface area contributed by atoms with Crippen molar-refractivity contribution in [3.8, 4) is 17.1 Å². The number of carbonyl (C=O) groups is 1. The maximum atomic E-state index is 12.5. The van der Waals surface area contributed by atoms with E-state index >= 15 is 0 Å². The van der Waals surface area contributed by atoms with Gasteiger partial charge in [0.2, 0.25) is 17.6 Å². The quantitative estimate of drug-likeness (QED) is 0.705. The van der Waals surface area contributed by atoms with E-state index < -0.39 is 0 Å². The Balaban J connectivity index is 1.25. The van der Waals surface area contributed by atoms with Crippen molar-refractivity contribution in [2.75, 3.05) is 32.9 Å². The zero-order valence-corrected chi connectivity index (χ0v) is 16.7. The molecule has 0 unspecified atom stereocenters. The van der Waals surface area contributed by atoms with Crippen LogP contribution in [0.25, 0.3) is 11.4 Å². The normalized spacial score (nSPS) is 18.3. The molecular weight excluding hydrogens is 374 g/mol. The number of aromatic nitrogens is 2. The zero-order chi connectivity index (χ0) is 20.1. The van der Waals surface area contributed by atoms with E-state index in [2.05, 4.69) is 10.1 Å². The van der Waals surface area contributed by atoms with Gasteiger partial charge in [-0.05, 0) is 44.0 Å². The molecule has 8 nitrogen and oxygen atoms in total. The molecular formula is C21H27N3O5. The second-order valence-electron chi connectivity index (χ2n) is 7.30. The summed E-state index contributed by atoms with van der Waals surface area (Å²) < 4.78 is 21.9. The Morgan fingerprint density at radius 2 is 1.90 bits per heavy atom. The van der Waals surface area contributed by atoms with Crippen molar-refractivity contribution >= 4 is 5.91 Å². The van der Waals surface area contributed by atoms with Crippen LogP contribution in [0.3, 0.4) is 0 Å². The first-order valence-electron chi connectivity index (χ1n) is 10.3. The van der Waals surface area contributed by atoms with Gasteiger partial charge < -0.3 is 23.6 Å². The van der Waals surface area contributed by atoms with Gasteiger partial charge in [0.05, 0.1) is 19.8 Å². The number of hydrogen-bond donors (Lipinski definition) is 0. The summed E-state index contributed by atoms with van der Waals surface area (Å²) in [6.07, 6.45) is 2.55. The number of rotatable bonds is 7. The molecule has 29 heavy (non-hydrogen) atoms. The molecule has 0 radical (unpaired) electrons. The van der Waals surface area contributed by atoms with Gasteiger partial charge in [-0.2, -0.15) is 4.98 Å². The fourth-order valence-corrected chi connectivity index (χ4v) is 3.78. The van der Waals surface area contributed by atoms with Gasteiger partial charge in [0.1, 0.15) is 5.75 Å². The minimum atomic E-state index is -0.0910. The molecule has 8 heteroatoms. The lowest BCUT2D eigenvalue weighted by atomic mass is 9.96. The number of hydrogen-bond acceptors (Lipinski definition) is 7. The number of ether oxygens (including phenoxy) is 3. The first kappa shape index (κ1) is 19.8. The zero-order valence-electron chi connectivity index (χ0n) is 16.7. The number of benzene rings is 1. The van der Waals surface area contributed by atoms with Gasteiger partial charge in [-0.3, -0.25) is 4.79 Å². The Morgan fingerprint density at radius 1 is 1.17 bits per heavy atom. The number of carbonyl (C=O) groups excluding carboxylic acids is 1. The molecule has 1 aromatic carbocycles. The van der Waals surface area contributed by atoms with E-state index in [-0.39, 0.29) is 12.2 Å². The van der Waals surface area contributed by atoms with Crippen LogP contribution in [0.15, 0.2) is 28.8 Å². The number of likely N-dealkylation sites (tertiary alicyclic amines) is 1. The molecule has 3 heterocycles. The van der Waals surface area contributed by atoms with Crippen LogP contribution in [0.1, 0.15) is 32.1 Å². The highest BCUT2D eigenvalue weighted by molar-refractivity contribution is 5.76. The standard InChI is InChI=1S/C21H27N3O5/c1-2-26-17-5-3-15(4-6-17)20-22-18(29-23-20)7-8-19(25)24-11-9-16(10-12-24)21-27-13-14-28-21/h3-6,16,21H,2,7-14H2,1H3. The molecule has 0 bridgehead atoms. The minimum absolute atomic E-state index is 0.0910. The predicted molar refractivity (Wildman–Crippen MR) is 104 cm³/mol. The molecule has 2 fully saturated rings. The van der Waals surface area contributed by atoms with Crippen LogP contribution in [0.2, 0.25) is 0 Å². The Hall–Kier alpha value is -2.45. The van der Waals surface area contributed by atoms with Gasteiger partial charge in [-0.25, -0.2) is 0 Å². The average molecular weight is 401 g/mol. The Labute approximate surface area is 170 Å². The second kappa shape index (κ2) is 9.37. The summed E-state index contributed by atoms with van der Waals surface area (Å²) in [7, 11) is 0. The number of nitrogens with zero attached hydrogens (tertiary/aromatic N) is 3. The molecule has 4 rings (SSSR count). The summed E-state index contributed by atoms with van der Waals surface area (Å²) in [5.41, 5.74) is 0.855. The van der Waals surface area contributed by atoms with Crippen molar-refractivity contribution in [2.24, 2.45) is 5.92 Å². The molecule has 2 aliphatic rings. The molecule has 0 aliphatic carbocycles. The van der Waals surface area contributed by atoms with Crippen LogP contribution in [0, 0.1) is 5.92 Å². The molecule has 1 amide bonds. The van der Waals surface area contributed by atoms with Crippen LogP contribution in [0.4, 0.5) is 0 Å². The van der Waals surface area contributed by atoms with Gasteiger partial charge in [-0.1, -0.05) is 5.16 Å². The number of amides is 1. The summed E-state index contributed by atoms with van der Waals surface area (Å²) in [6, 6.07) is 7.55. The summed E-state index contributed by atoms with van der Waals surface area (Å²) in [6.45, 7) is 5.40. The molecule has 2 saturated heterocycles. The first-order chi connectivity index (χ1) is 14.2. The van der Waals surface area contributed by atoms with E-state index in [1.807, 2.05) is 36.1 Å². The monoisotopic (exact) mass is 401 g/mol. The minimum Gasteiger partial charge on any atom is -0.494 e. The topological polar surface area (TPSA) is 86.9 Å². The summed E-state index contributed by atoms with van der Waals surface area (Å²) >= 11 is 0. The van der Waals surface area contributed by atoms with Crippen LogP contribution >= 0.6 is 0 Å². The van der Waals surface area contributed by atoms with Crippen LogP contribution in [-0.2, 0) is 20.7 Å². The third-order valence-corrected chi connectivity index (χ3v) is 5.37. The molecule has 156 valence electrons. The lowest BCUT2D eigenvalue weighted by Gasteiger charge is -2.33. The van der Waals surface area contributed by atoms with Gasteiger partial charge in [0, 0.05) is 37.4 Å². The highest BCUT2D eigenvalue weighted by Gasteiger charge is 2.31. The van der Waals surface area contributed by atoms with Gasteiger partial charge in [0.25, 0.3) is 0 Å². The first-order valence-corrected chi connectivity index (χ1v) is 10.3. The summed E-state index contributed by atoms with van der Waals surface area (Å²) in [4.78, 5) is 18.9. The maximum absolute atomic E-state index is 12.5. The average Bonchev–Trinajstić information content (AvgIpc) is 3.45. The molecule has 0 atom stereocenters. The highest BCUT2D eigenvalue weighted by atomic mass is 16.7. The Bertz CT molecular complexity index is 793. The molecule has 0 saturated carbocycles. The van der Waals surface area contributed by atoms with E-state index in [4.69, 9.17) is 18.7 Å². The van der Waals surface area contributed by atoms with Crippen LogP contribution < -0.4 is 4.74 Å². The largest absolute Gasteiger partial charge is 0.494 e. The van der Waals surface area contributed by atoms with Crippen molar-refractivity contribution in [2.45, 2.75) is 38.9 Å². The van der Waals surface area contributed by atoms with Gasteiger partial charge in [0.15, 0.2) is 6.29 Å². The maximum Gasteiger partial charge on any atom is 0.227 e. The number of piperidine rings is 1. The van der Waals surface area contributed by atoms with Crippen molar-refractivity contribution < 1.29 is 23.5 Å². The summed E-state index contributed by atoms with van der Waals surface area (Å²) in [5, 5.41) is 4.03. The SMILES string of the molecule is CCOc1ccc(-c2noc(CCC(=O)N3CCC(C4OCCO4)CC3)n2)cc1. The number of aryl methyl sites for hydroxylation is 1. The van der Waals surface area contributed by atoms with E-state index in [0.717, 1.165) is 37.2 Å². The van der Waals surface area contributed by atoms with E-state index in [1.54, 1.807) is 0 Å². The van der Waals surface area contributed by atoms with Crippen molar-refractivity contribution in [3.63, 3.8) is 0 Å². The molecule has 0 N–H and O–H groups in total. The molecule has 2 aliphatic heterocycles. The third kappa shape index (κ3) is 4.94. The summed E-state index contributed by atoms with van der Waals surface area (Å²) in [5.74, 6) is 2.31. The smallest absolute Gasteiger partial charge is 0.227 e. The van der Waals surface area contributed by atoms with E-state index in [9.17, 15) is 4.79 Å². The van der Waals surface area contributed by atoms with Crippen molar-refractivity contribution in [3.05, 3.63) is 30.2 Å². The third-order valence-electron chi connectivity index (χ3n) is 5.37. The van der Waals surface area contributed by atoms with Crippen LogP contribution in [0.5, 0.6) is 5.75 Å². The van der Waals surface area contributed by atoms with E-state index in [0.29, 0.717) is 50.3 Å². The molecule has 2 aromatic rings. The van der Waals surface area contributed by atoms with E-state index in [1.165, 1.54) is 0 Å². The molecule has 1 aromatic heterocycles. The molecule has 0 spiro atoms. The lowest BCUT2D eigenvalue weighted by Crippen LogP contribution is -2.41. The van der Waals surface area contributed by atoms with Crippen molar-refractivity contribution in [1.29, 1.82) is 0 Å².